The normalized spacial score (nSPS) is 10.2. The second kappa shape index (κ2) is 6.19. The fourth-order valence-electron chi connectivity index (χ4n) is 1.97. The molecule has 0 saturated carbocycles. The van der Waals surface area contributed by atoms with Gasteiger partial charge in [0.15, 0.2) is 11.5 Å². The van der Waals surface area contributed by atoms with E-state index in [0.717, 1.165) is 16.8 Å². The molecule has 2 aromatic rings. The first-order valence-electron chi connectivity index (χ1n) is 6.35. The number of methoxy groups -OCH3 is 2. The van der Waals surface area contributed by atoms with Crippen LogP contribution in [0.5, 0.6) is 17.2 Å². The molecular weight excluding hydrogens is 254 g/mol. The molecule has 4 nitrogen and oxygen atoms in total. The summed E-state index contributed by atoms with van der Waals surface area (Å²) >= 11 is 0. The van der Waals surface area contributed by atoms with Crippen molar-refractivity contribution in [2.24, 2.45) is 0 Å². The third-order valence-electron chi connectivity index (χ3n) is 3.24. The van der Waals surface area contributed by atoms with Crippen molar-refractivity contribution in [1.82, 2.24) is 0 Å². The highest BCUT2D eigenvalue weighted by Crippen LogP contribution is 2.37. The van der Waals surface area contributed by atoms with Crippen LogP contribution < -0.4 is 19.9 Å². The van der Waals surface area contributed by atoms with E-state index in [1.807, 2.05) is 43.3 Å². The van der Waals surface area contributed by atoms with Crippen molar-refractivity contribution < 1.29 is 14.2 Å². The van der Waals surface area contributed by atoms with E-state index < -0.39 is 0 Å². The minimum atomic E-state index is 0.410. The molecule has 0 amide bonds. The lowest BCUT2D eigenvalue weighted by Gasteiger charge is -2.15. The number of ether oxygens (including phenoxy) is 3. The first kappa shape index (κ1) is 14.1. The van der Waals surface area contributed by atoms with Gasteiger partial charge in [-0.15, -0.1) is 0 Å². The highest BCUT2D eigenvalue weighted by atomic mass is 16.5. The van der Waals surface area contributed by atoms with Gasteiger partial charge in [0.25, 0.3) is 0 Å². The van der Waals surface area contributed by atoms with Gasteiger partial charge in [0.05, 0.1) is 14.2 Å². The van der Waals surface area contributed by atoms with Gasteiger partial charge in [-0.25, -0.2) is 0 Å². The number of nitrogens with two attached hydrogens (primary N) is 1. The molecule has 2 N–H and O–H groups in total. The molecule has 0 spiro atoms. The van der Waals surface area contributed by atoms with E-state index in [1.165, 1.54) is 0 Å². The van der Waals surface area contributed by atoms with Gasteiger partial charge in [0.2, 0.25) is 5.75 Å². The van der Waals surface area contributed by atoms with Crippen molar-refractivity contribution in [2.45, 2.75) is 13.5 Å². The Hall–Kier alpha value is -2.36. The van der Waals surface area contributed by atoms with Crippen molar-refractivity contribution in [1.29, 1.82) is 0 Å². The Morgan fingerprint density at radius 2 is 1.55 bits per heavy atom. The second-order valence-electron chi connectivity index (χ2n) is 4.41. The molecule has 106 valence electrons. The Bertz CT molecular complexity index is 574. The number of rotatable bonds is 5. The van der Waals surface area contributed by atoms with Crippen molar-refractivity contribution in [3.05, 3.63) is 47.5 Å². The number of hydrogen-bond acceptors (Lipinski definition) is 4. The van der Waals surface area contributed by atoms with Crippen LogP contribution in [0.2, 0.25) is 0 Å². The van der Waals surface area contributed by atoms with Gasteiger partial charge in [-0.3, -0.25) is 0 Å². The SMILES string of the molecule is COc1cccc(OC)c1OCc1cccc(N)c1C. The summed E-state index contributed by atoms with van der Waals surface area (Å²) in [5.41, 5.74) is 8.73. The zero-order chi connectivity index (χ0) is 14.5. The Kier molecular flexibility index (Phi) is 4.35. The number of nitrogen functional groups attached to an aromatic ring is 1. The monoisotopic (exact) mass is 273 g/mol. The predicted molar refractivity (Wildman–Crippen MR) is 79.5 cm³/mol. The first-order valence-corrected chi connectivity index (χ1v) is 6.35. The topological polar surface area (TPSA) is 53.7 Å². The quantitative estimate of drug-likeness (QED) is 0.850. The first-order chi connectivity index (χ1) is 9.67. The van der Waals surface area contributed by atoms with Crippen molar-refractivity contribution in [3.63, 3.8) is 0 Å². The van der Waals surface area contributed by atoms with Crippen LogP contribution in [0.1, 0.15) is 11.1 Å². The zero-order valence-electron chi connectivity index (χ0n) is 12.0. The fourth-order valence-corrected chi connectivity index (χ4v) is 1.97. The third kappa shape index (κ3) is 2.79. The summed E-state index contributed by atoms with van der Waals surface area (Å²) in [7, 11) is 3.21. The molecule has 0 aliphatic carbocycles. The molecule has 0 aliphatic rings. The van der Waals surface area contributed by atoms with E-state index in [9.17, 15) is 0 Å². The molecule has 4 heteroatoms. The lowest BCUT2D eigenvalue weighted by atomic mass is 10.1. The van der Waals surface area contributed by atoms with Crippen molar-refractivity contribution in [3.8, 4) is 17.2 Å². The maximum absolute atomic E-state index is 5.90. The summed E-state index contributed by atoms with van der Waals surface area (Å²) < 4.78 is 16.5. The van der Waals surface area contributed by atoms with Crippen LogP contribution in [-0.2, 0) is 6.61 Å². The van der Waals surface area contributed by atoms with E-state index in [1.54, 1.807) is 14.2 Å². The van der Waals surface area contributed by atoms with Crippen LogP contribution in [0.4, 0.5) is 5.69 Å². The summed E-state index contributed by atoms with van der Waals surface area (Å²) in [5, 5.41) is 0. The second-order valence-corrected chi connectivity index (χ2v) is 4.41. The molecule has 0 aromatic heterocycles. The molecule has 0 radical (unpaired) electrons. The molecule has 0 fully saturated rings. The van der Waals surface area contributed by atoms with Gasteiger partial charge in [-0.05, 0) is 36.2 Å². The lowest BCUT2D eigenvalue weighted by molar-refractivity contribution is 0.265. The Balaban J connectivity index is 2.24. The van der Waals surface area contributed by atoms with Crippen LogP contribution in [0, 0.1) is 6.92 Å². The molecule has 0 aliphatic heterocycles. The van der Waals surface area contributed by atoms with Gasteiger partial charge >= 0.3 is 0 Å². The van der Waals surface area contributed by atoms with Gasteiger partial charge in [-0.2, -0.15) is 0 Å². The van der Waals surface area contributed by atoms with Crippen LogP contribution >= 0.6 is 0 Å². The van der Waals surface area contributed by atoms with Crippen LogP contribution in [0.15, 0.2) is 36.4 Å². The van der Waals surface area contributed by atoms with Crippen LogP contribution in [0.25, 0.3) is 0 Å². The largest absolute Gasteiger partial charge is 0.493 e. The number of para-hydroxylation sites is 1. The average molecular weight is 273 g/mol. The summed E-state index contributed by atoms with van der Waals surface area (Å²) in [6, 6.07) is 11.3. The van der Waals surface area contributed by atoms with Gasteiger partial charge in [0.1, 0.15) is 6.61 Å². The zero-order valence-corrected chi connectivity index (χ0v) is 12.0. The molecule has 2 aromatic carbocycles. The third-order valence-corrected chi connectivity index (χ3v) is 3.24. The molecule has 2 rings (SSSR count). The standard InChI is InChI=1S/C16H19NO3/c1-11-12(6-4-7-13(11)17)10-20-16-14(18-2)8-5-9-15(16)19-3/h4-9H,10,17H2,1-3H3. The molecular formula is C16H19NO3. The maximum atomic E-state index is 5.90. The summed E-state index contributed by atoms with van der Waals surface area (Å²) in [6.45, 7) is 2.39. The lowest BCUT2D eigenvalue weighted by Crippen LogP contribution is -2.03. The van der Waals surface area contributed by atoms with Crippen LogP contribution in [-0.4, -0.2) is 14.2 Å². The Morgan fingerprint density at radius 3 is 2.15 bits per heavy atom. The number of anilines is 1. The van der Waals surface area contributed by atoms with E-state index in [4.69, 9.17) is 19.9 Å². The summed E-state index contributed by atoms with van der Waals surface area (Å²) in [4.78, 5) is 0. The Morgan fingerprint density at radius 1 is 0.950 bits per heavy atom. The molecule has 0 saturated heterocycles. The highest BCUT2D eigenvalue weighted by Gasteiger charge is 2.12. The van der Waals surface area contributed by atoms with E-state index >= 15 is 0 Å². The van der Waals surface area contributed by atoms with Crippen molar-refractivity contribution in [2.75, 3.05) is 20.0 Å². The van der Waals surface area contributed by atoms with E-state index in [2.05, 4.69) is 0 Å². The minimum Gasteiger partial charge on any atom is -0.493 e. The van der Waals surface area contributed by atoms with Crippen LogP contribution in [0.3, 0.4) is 0 Å². The van der Waals surface area contributed by atoms with Crippen molar-refractivity contribution >= 4 is 5.69 Å². The summed E-state index contributed by atoms with van der Waals surface area (Å²) in [5.74, 6) is 1.89. The molecule has 0 bridgehead atoms. The van der Waals surface area contributed by atoms with Gasteiger partial charge < -0.3 is 19.9 Å². The Labute approximate surface area is 119 Å². The maximum Gasteiger partial charge on any atom is 0.203 e. The minimum absolute atomic E-state index is 0.410. The molecule has 0 heterocycles. The fraction of sp³-hybridized carbons (Fsp3) is 0.250. The molecule has 0 atom stereocenters. The number of hydrogen-bond donors (Lipinski definition) is 1. The van der Waals surface area contributed by atoms with E-state index in [-0.39, 0.29) is 0 Å². The molecule has 0 unspecified atom stereocenters. The van der Waals surface area contributed by atoms with E-state index in [0.29, 0.717) is 23.9 Å². The smallest absolute Gasteiger partial charge is 0.203 e. The highest BCUT2D eigenvalue weighted by molar-refractivity contribution is 5.52. The average Bonchev–Trinajstić information content (AvgIpc) is 2.48. The summed E-state index contributed by atoms with van der Waals surface area (Å²) in [6.07, 6.45) is 0. The van der Waals surface area contributed by atoms with Gasteiger partial charge in [-0.1, -0.05) is 18.2 Å². The predicted octanol–water partition coefficient (Wildman–Crippen LogP) is 3.17. The van der Waals surface area contributed by atoms with Gasteiger partial charge in [0, 0.05) is 5.69 Å². The number of benzene rings is 2. The molecule has 20 heavy (non-hydrogen) atoms.